The van der Waals surface area contributed by atoms with Crippen molar-refractivity contribution < 1.29 is 0 Å². The van der Waals surface area contributed by atoms with Gasteiger partial charge in [0.05, 0.1) is 17.7 Å². The summed E-state index contributed by atoms with van der Waals surface area (Å²) in [6.07, 6.45) is 2.68. The fourth-order valence-electron chi connectivity index (χ4n) is 2.28. The van der Waals surface area contributed by atoms with Gasteiger partial charge >= 0.3 is 0 Å². The van der Waals surface area contributed by atoms with Crippen LogP contribution in [0.3, 0.4) is 0 Å². The summed E-state index contributed by atoms with van der Waals surface area (Å²) in [5, 5.41) is 0. The molecule has 0 saturated heterocycles. The second kappa shape index (κ2) is 4.72. The Bertz CT molecular complexity index is 506. The standard InChI is InChI=1S/C14H19N3/c1-10-6-11(2)8-12(7-10)14-13(4-5-15)16-9-17(14)3/h6-9H,4-5,15H2,1-3H3. The number of hydrogen-bond donors (Lipinski definition) is 1. The highest BCUT2D eigenvalue weighted by molar-refractivity contribution is 5.64. The van der Waals surface area contributed by atoms with Gasteiger partial charge in [-0.15, -0.1) is 0 Å². The summed E-state index contributed by atoms with van der Waals surface area (Å²) in [5.74, 6) is 0. The van der Waals surface area contributed by atoms with Crippen molar-refractivity contribution in [1.82, 2.24) is 9.55 Å². The van der Waals surface area contributed by atoms with Crippen LogP contribution in [0.2, 0.25) is 0 Å². The van der Waals surface area contributed by atoms with Crippen LogP contribution >= 0.6 is 0 Å². The number of hydrogen-bond acceptors (Lipinski definition) is 2. The number of aryl methyl sites for hydroxylation is 3. The van der Waals surface area contributed by atoms with Gasteiger partial charge in [0, 0.05) is 19.0 Å². The van der Waals surface area contributed by atoms with Crippen LogP contribution in [0.5, 0.6) is 0 Å². The normalized spacial score (nSPS) is 10.8. The summed E-state index contributed by atoms with van der Waals surface area (Å²) in [7, 11) is 2.03. The molecule has 0 atom stereocenters. The van der Waals surface area contributed by atoms with E-state index in [-0.39, 0.29) is 0 Å². The minimum absolute atomic E-state index is 0.634. The summed E-state index contributed by atoms with van der Waals surface area (Å²) in [4.78, 5) is 4.42. The Morgan fingerprint density at radius 1 is 1.18 bits per heavy atom. The summed E-state index contributed by atoms with van der Waals surface area (Å²) < 4.78 is 2.07. The van der Waals surface area contributed by atoms with E-state index in [0.29, 0.717) is 6.54 Å². The van der Waals surface area contributed by atoms with E-state index in [1.54, 1.807) is 0 Å². The lowest BCUT2D eigenvalue weighted by molar-refractivity contribution is 0.916. The molecule has 0 spiro atoms. The molecule has 0 aliphatic heterocycles. The van der Waals surface area contributed by atoms with Gasteiger partial charge in [-0.05, 0) is 32.5 Å². The lowest BCUT2D eigenvalue weighted by atomic mass is 10.0. The first-order chi connectivity index (χ1) is 8.11. The third kappa shape index (κ3) is 2.39. The van der Waals surface area contributed by atoms with Crippen molar-refractivity contribution >= 4 is 0 Å². The second-order valence-corrected chi connectivity index (χ2v) is 4.57. The molecule has 0 bridgehead atoms. The van der Waals surface area contributed by atoms with Crippen LogP contribution in [0.1, 0.15) is 16.8 Å². The predicted molar refractivity (Wildman–Crippen MR) is 70.9 cm³/mol. The van der Waals surface area contributed by atoms with E-state index in [1.165, 1.54) is 22.4 Å². The molecule has 17 heavy (non-hydrogen) atoms. The molecule has 90 valence electrons. The first-order valence-corrected chi connectivity index (χ1v) is 5.90. The summed E-state index contributed by atoms with van der Waals surface area (Å²) in [6.45, 7) is 4.87. The van der Waals surface area contributed by atoms with Gasteiger partial charge in [-0.1, -0.05) is 17.2 Å². The molecule has 1 aromatic heterocycles. The van der Waals surface area contributed by atoms with E-state index in [0.717, 1.165) is 12.1 Å². The highest BCUT2D eigenvalue weighted by Gasteiger charge is 2.11. The molecular formula is C14H19N3. The second-order valence-electron chi connectivity index (χ2n) is 4.57. The van der Waals surface area contributed by atoms with E-state index in [9.17, 15) is 0 Å². The number of nitrogens with zero attached hydrogens (tertiary/aromatic N) is 2. The molecule has 0 aliphatic rings. The third-order valence-corrected chi connectivity index (χ3v) is 2.89. The lowest BCUT2D eigenvalue weighted by Gasteiger charge is -2.08. The predicted octanol–water partition coefficient (Wildman–Crippen LogP) is 2.21. The average molecular weight is 229 g/mol. The zero-order valence-corrected chi connectivity index (χ0v) is 10.7. The van der Waals surface area contributed by atoms with Gasteiger partial charge in [0.2, 0.25) is 0 Å². The molecule has 0 aliphatic carbocycles. The van der Waals surface area contributed by atoms with E-state index in [4.69, 9.17) is 5.73 Å². The Balaban J connectivity index is 2.54. The molecule has 2 N–H and O–H groups in total. The largest absolute Gasteiger partial charge is 0.334 e. The molecule has 3 heteroatoms. The first-order valence-electron chi connectivity index (χ1n) is 5.90. The SMILES string of the molecule is Cc1cc(C)cc(-c2c(CCN)ncn2C)c1. The molecule has 0 fully saturated rings. The molecule has 3 nitrogen and oxygen atoms in total. The van der Waals surface area contributed by atoms with Crippen molar-refractivity contribution in [2.24, 2.45) is 12.8 Å². The minimum atomic E-state index is 0.634. The number of rotatable bonds is 3. The molecule has 0 saturated carbocycles. The van der Waals surface area contributed by atoms with Crippen LogP contribution in [0.25, 0.3) is 11.3 Å². The summed E-state index contributed by atoms with van der Waals surface area (Å²) in [6, 6.07) is 6.58. The average Bonchev–Trinajstić information content (AvgIpc) is 2.59. The fraction of sp³-hybridized carbons (Fsp3) is 0.357. The molecule has 2 aromatic rings. The maximum Gasteiger partial charge on any atom is 0.0951 e. The molecule has 0 amide bonds. The Hall–Kier alpha value is -1.61. The van der Waals surface area contributed by atoms with Crippen molar-refractivity contribution in [1.29, 1.82) is 0 Å². The molecule has 1 aromatic carbocycles. The Morgan fingerprint density at radius 2 is 1.82 bits per heavy atom. The summed E-state index contributed by atoms with van der Waals surface area (Å²) in [5.41, 5.74) is 11.7. The fourth-order valence-corrected chi connectivity index (χ4v) is 2.28. The minimum Gasteiger partial charge on any atom is -0.334 e. The van der Waals surface area contributed by atoms with Crippen LogP contribution in [-0.4, -0.2) is 16.1 Å². The number of benzene rings is 1. The molecule has 2 rings (SSSR count). The van der Waals surface area contributed by atoms with Gasteiger partial charge in [-0.3, -0.25) is 0 Å². The zero-order valence-electron chi connectivity index (χ0n) is 10.7. The Morgan fingerprint density at radius 3 is 2.41 bits per heavy atom. The van der Waals surface area contributed by atoms with Crippen molar-refractivity contribution in [3.63, 3.8) is 0 Å². The maximum absolute atomic E-state index is 5.63. The highest BCUT2D eigenvalue weighted by atomic mass is 15.0. The first kappa shape index (κ1) is 11.9. The van der Waals surface area contributed by atoms with E-state index < -0.39 is 0 Å². The smallest absolute Gasteiger partial charge is 0.0951 e. The van der Waals surface area contributed by atoms with Crippen molar-refractivity contribution in [3.05, 3.63) is 41.3 Å². The van der Waals surface area contributed by atoms with Gasteiger partial charge in [0.1, 0.15) is 0 Å². The lowest BCUT2D eigenvalue weighted by Crippen LogP contribution is -2.05. The molecule has 0 radical (unpaired) electrons. The number of aromatic nitrogens is 2. The van der Waals surface area contributed by atoms with Crippen LogP contribution in [-0.2, 0) is 13.5 Å². The van der Waals surface area contributed by atoms with Gasteiger partial charge < -0.3 is 10.3 Å². The molecule has 1 heterocycles. The van der Waals surface area contributed by atoms with Crippen molar-refractivity contribution in [2.45, 2.75) is 20.3 Å². The van der Waals surface area contributed by atoms with Gasteiger partial charge in [0.15, 0.2) is 0 Å². The van der Waals surface area contributed by atoms with Crippen LogP contribution in [0.15, 0.2) is 24.5 Å². The third-order valence-electron chi connectivity index (χ3n) is 2.89. The Kier molecular flexibility index (Phi) is 3.29. The summed E-state index contributed by atoms with van der Waals surface area (Å²) >= 11 is 0. The number of nitrogens with two attached hydrogens (primary N) is 1. The molecular weight excluding hydrogens is 210 g/mol. The van der Waals surface area contributed by atoms with Crippen molar-refractivity contribution in [2.75, 3.05) is 6.54 Å². The van der Waals surface area contributed by atoms with Gasteiger partial charge in [0.25, 0.3) is 0 Å². The van der Waals surface area contributed by atoms with Crippen molar-refractivity contribution in [3.8, 4) is 11.3 Å². The quantitative estimate of drug-likeness (QED) is 0.877. The number of imidazole rings is 1. The monoisotopic (exact) mass is 229 g/mol. The topological polar surface area (TPSA) is 43.8 Å². The Labute approximate surface area is 102 Å². The van der Waals surface area contributed by atoms with Crippen LogP contribution < -0.4 is 5.73 Å². The molecule has 0 unspecified atom stereocenters. The maximum atomic E-state index is 5.63. The highest BCUT2D eigenvalue weighted by Crippen LogP contribution is 2.25. The zero-order chi connectivity index (χ0) is 12.4. The van der Waals surface area contributed by atoms with Gasteiger partial charge in [-0.25, -0.2) is 4.98 Å². The van der Waals surface area contributed by atoms with Crippen LogP contribution in [0.4, 0.5) is 0 Å². The van der Waals surface area contributed by atoms with E-state index in [1.807, 2.05) is 13.4 Å². The van der Waals surface area contributed by atoms with Crippen LogP contribution in [0, 0.1) is 13.8 Å². The van der Waals surface area contributed by atoms with E-state index >= 15 is 0 Å². The van der Waals surface area contributed by atoms with E-state index in [2.05, 4.69) is 41.6 Å². The van der Waals surface area contributed by atoms with Gasteiger partial charge in [-0.2, -0.15) is 0 Å².